The lowest BCUT2D eigenvalue weighted by molar-refractivity contribution is -0.384. The van der Waals surface area contributed by atoms with Gasteiger partial charge in [0.15, 0.2) is 11.6 Å². The molecule has 0 heterocycles. The van der Waals surface area contributed by atoms with E-state index in [4.69, 9.17) is 0 Å². The van der Waals surface area contributed by atoms with Crippen LogP contribution in [0.15, 0.2) is 35.9 Å². The molecule has 5 nitrogen and oxygen atoms in total. The second-order valence-corrected chi connectivity index (χ2v) is 4.07. The third kappa shape index (κ3) is 2.34. The number of ketones is 2. The highest BCUT2D eigenvalue weighted by Gasteiger charge is 2.22. The Bertz CT molecular complexity index is 560. The normalized spacial score (nSPS) is 15.1. The Morgan fingerprint density at radius 2 is 2.11 bits per heavy atom. The first-order valence-electron chi connectivity index (χ1n) is 5.62. The summed E-state index contributed by atoms with van der Waals surface area (Å²) in [6.07, 6.45) is 3.44. The smallest absolute Gasteiger partial charge is 0.270 e. The van der Waals surface area contributed by atoms with Crippen molar-refractivity contribution in [1.29, 1.82) is 0 Å². The maximum absolute atomic E-state index is 12.1. The molecular formula is C13H11NO4. The zero-order chi connectivity index (χ0) is 13.1. The molecule has 0 unspecified atom stereocenters. The largest absolute Gasteiger partial charge is 0.294 e. The number of hydrogen-bond donors (Lipinski definition) is 0. The Morgan fingerprint density at radius 1 is 1.33 bits per heavy atom. The lowest BCUT2D eigenvalue weighted by Crippen LogP contribution is -2.16. The highest BCUT2D eigenvalue weighted by atomic mass is 16.6. The number of allylic oxidation sites excluding steroid dienone is 2. The van der Waals surface area contributed by atoms with E-state index >= 15 is 0 Å². The van der Waals surface area contributed by atoms with Crippen LogP contribution in [0.2, 0.25) is 0 Å². The van der Waals surface area contributed by atoms with Crippen molar-refractivity contribution in [2.24, 2.45) is 0 Å². The van der Waals surface area contributed by atoms with Crippen LogP contribution >= 0.6 is 0 Å². The quantitative estimate of drug-likeness (QED) is 0.354. The summed E-state index contributed by atoms with van der Waals surface area (Å²) >= 11 is 0. The molecule has 5 heteroatoms. The second kappa shape index (κ2) is 4.91. The van der Waals surface area contributed by atoms with Gasteiger partial charge in [-0.05, 0) is 12.8 Å². The first-order valence-corrected chi connectivity index (χ1v) is 5.62. The molecule has 0 aromatic heterocycles. The number of nitrogens with zero attached hydrogens (tertiary/aromatic N) is 1. The van der Waals surface area contributed by atoms with Crippen molar-refractivity contribution in [1.82, 2.24) is 0 Å². The lowest BCUT2D eigenvalue weighted by Gasteiger charge is -2.10. The minimum atomic E-state index is -0.562. The summed E-state index contributed by atoms with van der Waals surface area (Å²) in [7, 11) is 0. The Labute approximate surface area is 103 Å². The minimum Gasteiger partial charge on any atom is -0.294 e. The minimum absolute atomic E-state index is 0.148. The highest BCUT2D eigenvalue weighted by Crippen LogP contribution is 2.21. The molecule has 1 aliphatic carbocycles. The van der Waals surface area contributed by atoms with Crippen LogP contribution in [0.1, 0.15) is 29.6 Å². The van der Waals surface area contributed by atoms with Gasteiger partial charge >= 0.3 is 0 Å². The Hall–Kier alpha value is -2.30. The van der Waals surface area contributed by atoms with Gasteiger partial charge in [0.1, 0.15) is 0 Å². The third-order valence-corrected chi connectivity index (χ3v) is 2.82. The highest BCUT2D eigenvalue weighted by molar-refractivity contribution is 6.26. The molecule has 1 aromatic rings. The first kappa shape index (κ1) is 12.2. The summed E-state index contributed by atoms with van der Waals surface area (Å²) in [6.45, 7) is 0. The summed E-state index contributed by atoms with van der Waals surface area (Å²) in [6, 6.07) is 5.44. The fourth-order valence-corrected chi connectivity index (χ4v) is 1.89. The number of nitro groups is 1. The van der Waals surface area contributed by atoms with Crippen LogP contribution in [-0.4, -0.2) is 16.5 Å². The monoisotopic (exact) mass is 245 g/mol. The van der Waals surface area contributed by atoms with Gasteiger partial charge in [-0.15, -0.1) is 0 Å². The average Bonchev–Trinajstić information content (AvgIpc) is 2.38. The molecule has 0 radical (unpaired) electrons. The molecule has 0 N–H and O–H groups in total. The lowest BCUT2D eigenvalue weighted by atomic mass is 9.92. The van der Waals surface area contributed by atoms with Gasteiger partial charge in [-0.25, -0.2) is 0 Å². The van der Waals surface area contributed by atoms with Crippen molar-refractivity contribution in [3.05, 3.63) is 51.6 Å². The first-order chi connectivity index (χ1) is 8.59. The van der Waals surface area contributed by atoms with Crippen LogP contribution < -0.4 is 0 Å². The molecule has 92 valence electrons. The van der Waals surface area contributed by atoms with E-state index in [-0.39, 0.29) is 22.6 Å². The Balaban J connectivity index is 2.34. The van der Waals surface area contributed by atoms with Crippen molar-refractivity contribution in [3.63, 3.8) is 0 Å². The Morgan fingerprint density at radius 3 is 2.78 bits per heavy atom. The number of benzene rings is 1. The van der Waals surface area contributed by atoms with E-state index < -0.39 is 10.7 Å². The summed E-state index contributed by atoms with van der Waals surface area (Å²) in [5, 5.41) is 10.6. The maximum atomic E-state index is 12.1. The number of carbonyl (C=O) groups excluding carboxylic acids is 2. The van der Waals surface area contributed by atoms with Gasteiger partial charge in [-0.2, -0.15) is 0 Å². The van der Waals surface area contributed by atoms with Crippen LogP contribution in [0.4, 0.5) is 5.69 Å². The summed E-state index contributed by atoms with van der Waals surface area (Å²) in [5.74, 6) is -0.610. The van der Waals surface area contributed by atoms with Crippen LogP contribution in [0.25, 0.3) is 0 Å². The maximum Gasteiger partial charge on any atom is 0.270 e. The number of carbonyl (C=O) groups is 2. The van der Waals surface area contributed by atoms with E-state index in [9.17, 15) is 19.7 Å². The molecular weight excluding hydrogens is 234 g/mol. The summed E-state index contributed by atoms with van der Waals surface area (Å²) in [5.41, 5.74) is 0.192. The number of Topliss-reactive ketones (excluding diaryl/α,β-unsaturated/α-hetero) is 2. The molecule has 2 rings (SSSR count). The summed E-state index contributed by atoms with van der Waals surface area (Å²) < 4.78 is 0. The van der Waals surface area contributed by atoms with Crippen LogP contribution in [0, 0.1) is 10.1 Å². The molecule has 1 aliphatic rings. The predicted molar refractivity (Wildman–Crippen MR) is 64.4 cm³/mol. The number of rotatable bonds is 3. The Kier molecular flexibility index (Phi) is 3.32. The molecule has 0 fully saturated rings. The zero-order valence-electron chi connectivity index (χ0n) is 9.59. The van der Waals surface area contributed by atoms with Gasteiger partial charge in [0.25, 0.3) is 5.69 Å². The molecule has 0 aliphatic heterocycles. The topological polar surface area (TPSA) is 77.3 Å². The van der Waals surface area contributed by atoms with Crippen molar-refractivity contribution < 1.29 is 14.5 Å². The molecule has 0 atom stereocenters. The van der Waals surface area contributed by atoms with E-state index in [1.54, 1.807) is 6.08 Å². The fourth-order valence-electron chi connectivity index (χ4n) is 1.89. The number of nitro benzene ring substituents is 1. The van der Waals surface area contributed by atoms with Crippen molar-refractivity contribution >= 4 is 17.3 Å². The number of hydrogen-bond acceptors (Lipinski definition) is 4. The molecule has 0 spiro atoms. The van der Waals surface area contributed by atoms with Gasteiger partial charge in [-0.1, -0.05) is 18.2 Å². The zero-order valence-corrected chi connectivity index (χ0v) is 9.59. The standard InChI is InChI=1S/C13H11NO4/c15-12-7-2-1-6-11(12)13(16)9-4-3-5-10(8-9)14(17)18/h3-6,8H,1-2,7H2. The van der Waals surface area contributed by atoms with Crippen molar-refractivity contribution in [3.8, 4) is 0 Å². The van der Waals surface area contributed by atoms with E-state index in [0.717, 1.165) is 6.42 Å². The third-order valence-electron chi connectivity index (χ3n) is 2.82. The van der Waals surface area contributed by atoms with Crippen LogP contribution in [-0.2, 0) is 4.79 Å². The summed E-state index contributed by atoms with van der Waals surface area (Å²) in [4.78, 5) is 33.7. The van der Waals surface area contributed by atoms with Crippen LogP contribution in [0.3, 0.4) is 0 Å². The molecule has 0 bridgehead atoms. The van der Waals surface area contributed by atoms with Gasteiger partial charge in [0.2, 0.25) is 0 Å². The van der Waals surface area contributed by atoms with E-state index in [0.29, 0.717) is 12.8 Å². The molecule has 0 saturated carbocycles. The fraction of sp³-hybridized carbons (Fsp3) is 0.231. The average molecular weight is 245 g/mol. The SMILES string of the molecule is O=C1CCCC=C1C(=O)c1cccc([N+](=O)[O-])c1. The van der Waals surface area contributed by atoms with Crippen LogP contribution in [0.5, 0.6) is 0 Å². The van der Waals surface area contributed by atoms with E-state index in [1.165, 1.54) is 24.3 Å². The van der Waals surface area contributed by atoms with Crippen molar-refractivity contribution in [2.45, 2.75) is 19.3 Å². The molecule has 0 saturated heterocycles. The molecule has 1 aromatic carbocycles. The van der Waals surface area contributed by atoms with Gasteiger partial charge in [0.05, 0.1) is 10.5 Å². The van der Waals surface area contributed by atoms with Gasteiger partial charge < -0.3 is 0 Å². The van der Waals surface area contributed by atoms with Crippen molar-refractivity contribution in [2.75, 3.05) is 0 Å². The van der Waals surface area contributed by atoms with Gasteiger partial charge in [0, 0.05) is 24.1 Å². The molecule has 18 heavy (non-hydrogen) atoms. The predicted octanol–water partition coefficient (Wildman–Crippen LogP) is 2.46. The van der Waals surface area contributed by atoms with Gasteiger partial charge in [-0.3, -0.25) is 19.7 Å². The number of non-ortho nitro benzene ring substituents is 1. The molecule has 0 amide bonds. The second-order valence-electron chi connectivity index (χ2n) is 4.07. The van der Waals surface area contributed by atoms with E-state index in [1.807, 2.05) is 0 Å². The van der Waals surface area contributed by atoms with E-state index in [2.05, 4.69) is 0 Å².